The van der Waals surface area contributed by atoms with Gasteiger partial charge in [0.05, 0.1) is 11.4 Å². The van der Waals surface area contributed by atoms with Gasteiger partial charge in [0.1, 0.15) is 5.84 Å². The SMILES string of the molecule is CCCN(CCC)CC(=O)Nc1cccc(S(=O)(=O)NC2=NCCCCC2)c1. The van der Waals surface area contributed by atoms with E-state index in [-0.39, 0.29) is 10.8 Å². The highest BCUT2D eigenvalue weighted by Gasteiger charge is 2.18. The van der Waals surface area contributed by atoms with Crippen molar-refractivity contribution in [1.82, 2.24) is 9.62 Å². The van der Waals surface area contributed by atoms with Crippen molar-refractivity contribution in [2.75, 3.05) is 31.5 Å². The van der Waals surface area contributed by atoms with Crippen LogP contribution in [0, 0.1) is 0 Å². The molecule has 0 saturated heterocycles. The summed E-state index contributed by atoms with van der Waals surface area (Å²) in [6.45, 7) is 6.85. The Labute approximate surface area is 168 Å². The molecule has 1 aliphatic rings. The van der Waals surface area contributed by atoms with Crippen LogP contribution in [0.3, 0.4) is 0 Å². The summed E-state index contributed by atoms with van der Waals surface area (Å²) in [6.07, 6.45) is 5.58. The summed E-state index contributed by atoms with van der Waals surface area (Å²) < 4.78 is 28.0. The minimum atomic E-state index is -3.72. The lowest BCUT2D eigenvalue weighted by Crippen LogP contribution is -2.34. The number of amidine groups is 1. The van der Waals surface area contributed by atoms with Crippen LogP contribution in [0.15, 0.2) is 34.2 Å². The molecule has 0 aliphatic carbocycles. The lowest BCUT2D eigenvalue weighted by Gasteiger charge is -2.20. The highest BCUT2D eigenvalue weighted by atomic mass is 32.2. The number of hydrogen-bond acceptors (Lipinski definition) is 5. The first-order valence-electron chi connectivity index (χ1n) is 10.1. The van der Waals surface area contributed by atoms with Crippen molar-refractivity contribution in [2.45, 2.75) is 57.3 Å². The molecule has 8 heteroatoms. The molecule has 0 saturated carbocycles. The standard InChI is InChI=1S/C20H32N4O3S/c1-3-13-24(14-4-2)16-20(25)22-17-9-8-10-18(15-17)28(26,27)23-19-11-6-5-7-12-21-19/h8-10,15H,3-7,11-14,16H2,1-2H3,(H,21,23)(H,22,25). The molecular weight excluding hydrogens is 376 g/mol. The molecule has 1 amide bonds. The second-order valence-electron chi connectivity index (χ2n) is 7.10. The van der Waals surface area contributed by atoms with Gasteiger partial charge in [-0.05, 0) is 57.0 Å². The molecule has 0 aromatic heterocycles. The van der Waals surface area contributed by atoms with Crippen LogP contribution in [0.2, 0.25) is 0 Å². The van der Waals surface area contributed by atoms with E-state index in [4.69, 9.17) is 0 Å². The number of anilines is 1. The second kappa shape index (κ2) is 11.2. The van der Waals surface area contributed by atoms with Gasteiger partial charge in [-0.1, -0.05) is 26.3 Å². The Morgan fingerprint density at radius 3 is 2.61 bits per heavy atom. The summed E-state index contributed by atoms with van der Waals surface area (Å²) in [5.41, 5.74) is 0.476. The number of hydrogen-bond donors (Lipinski definition) is 2. The van der Waals surface area contributed by atoms with E-state index in [1.54, 1.807) is 12.1 Å². The molecule has 0 bridgehead atoms. The maximum absolute atomic E-state index is 12.7. The summed E-state index contributed by atoms with van der Waals surface area (Å²) in [7, 11) is -3.72. The van der Waals surface area contributed by atoms with Crippen LogP contribution >= 0.6 is 0 Å². The fraction of sp³-hybridized carbons (Fsp3) is 0.600. The molecule has 2 rings (SSSR count). The van der Waals surface area contributed by atoms with Gasteiger partial charge in [0.25, 0.3) is 10.0 Å². The monoisotopic (exact) mass is 408 g/mol. The number of sulfonamides is 1. The third-order valence-corrected chi connectivity index (χ3v) is 5.88. The molecule has 2 N–H and O–H groups in total. The third-order valence-electron chi connectivity index (χ3n) is 4.50. The first-order chi connectivity index (χ1) is 13.4. The second-order valence-corrected chi connectivity index (χ2v) is 8.78. The molecule has 1 heterocycles. The maximum atomic E-state index is 12.7. The molecule has 1 aromatic rings. The molecule has 1 aliphatic heterocycles. The number of rotatable bonds is 9. The molecule has 0 spiro atoms. The first kappa shape index (κ1) is 22.4. The van der Waals surface area contributed by atoms with Crippen LogP contribution in [-0.2, 0) is 14.8 Å². The fourth-order valence-electron chi connectivity index (χ4n) is 3.22. The summed E-state index contributed by atoms with van der Waals surface area (Å²) >= 11 is 0. The van der Waals surface area contributed by atoms with Crippen LogP contribution in [-0.4, -0.2) is 51.2 Å². The zero-order chi connectivity index (χ0) is 20.4. The Kier molecular flexibility index (Phi) is 8.92. The quantitative estimate of drug-likeness (QED) is 0.657. The van der Waals surface area contributed by atoms with Crippen molar-refractivity contribution >= 4 is 27.5 Å². The summed E-state index contributed by atoms with van der Waals surface area (Å²) in [5, 5.41) is 2.81. The van der Waals surface area contributed by atoms with Gasteiger partial charge in [-0.15, -0.1) is 0 Å². The highest BCUT2D eigenvalue weighted by Crippen LogP contribution is 2.16. The lowest BCUT2D eigenvalue weighted by molar-refractivity contribution is -0.117. The smallest absolute Gasteiger partial charge is 0.262 e. The van der Waals surface area contributed by atoms with Gasteiger partial charge in [0.2, 0.25) is 5.91 Å². The van der Waals surface area contributed by atoms with Crippen LogP contribution < -0.4 is 10.0 Å². The predicted octanol–water partition coefficient (Wildman–Crippen LogP) is 3.00. The molecule has 0 radical (unpaired) electrons. The third kappa shape index (κ3) is 7.24. The van der Waals surface area contributed by atoms with Crippen LogP contribution in [0.4, 0.5) is 5.69 Å². The van der Waals surface area contributed by atoms with E-state index in [2.05, 4.69) is 33.8 Å². The van der Waals surface area contributed by atoms with E-state index in [9.17, 15) is 13.2 Å². The Balaban J connectivity index is 2.04. The average molecular weight is 409 g/mol. The van der Waals surface area contributed by atoms with Crippen molar-refractivity contribution in [2.24, 2.45) is 4.99 Å². The van der Waals surface area contributed by atoms with E-state index in [0.29, 0.717) is 31.0 Å². The van der Waals surface area contributed by atoms with Crippen molar-refractivity contribution in [1.29, 1.82) is 0 Å². The molecule has 0 unspecified atom stereocenters. The van der Waals surface area contributed by atoms with E-state index in [0.717, 1.165) is 45.2 Å². The van der Waals surface area contributed by atoms with Gasteiger partial charge >= 0.3 is 0 Å². The molecular formula is C20H32N4O3S. The van der Waals surface area contributed by atoms with Crippen molar-refractivity contribution in [3.63, 3.8) is 0 Å². The number of amides is 1. The van der Waals surface area contributed by atoms with Crippen LogP contribution in [0.25, 0.3) is 0 Å². The van der Waals surface area contributed by atoms with Crippen molar-refractivity contribution in [3.8, 4) is 0 Å². The number of carbonyl (C=O) groups excluding carboxylic acids is 1. The van der Waals surface area contributed by atoms with E-state index in [1.807, 2.05) is 0 Å². The number of benzene rings is 1. The largest absolute Gasteiger partial charge is 0.325 e. The van der Waals surface area contributed by atoms with Crippen molar-refractivity contribution < 1.29 is 13.2 Å². The number of nitrogens with one attached hydrogen (secondary N) is 2. The molecule has 7 nitrogen and oxygen atoms in total. The summed E-state index contributed by atoms with van der Waals surface area (Å²) in [6, 6.07) is 6.34. The molecule has 1 aromatic carbocycles. The fourth-order valence-corrected chi connectivity index (χ4v) is 4.35. The molecule has 0 fully saturated rings. The lowest BCUT2D eigenvalue weighted by atomic mass is 10.2. The number of aliphatic imine (C=N–C) groups is 1. The highest BCUT2D eigenvalue weighted by molar-refractivity contribution is 7.90. The van der Waals surface area contributed by atoms with Gasteiger partial charge in [-0.25, -0.2) is 8.42 Å². The van der Waals surface area contributed by atoms with Gasteiger partial charge in [-0.2, -0.15) is 0 Å². The van der Waals surface area contributed by atoms with Crippen molar-refractivity contribution in [3.05, 3.63) is 24.3 Å². The van der Waals surface area contributed by atoms with E-state index < -0.39 is 10.0 Å². The Hall–Kier alpha value is -1.93. The minimum absolute atomic E-state index is 0.121. The zero-order valence-electron chi connectivity index (χ0n) is 16.9. The molecule has 28 heavy (non-hydrogen) atoms. The summed E-state index contributed by atoms with van der Waals surface area (Å²) in [5.74, 6) is 0.374. The number of nitrogens with zero attached hydrogens (tertiary/aromatic N) is 2. The molecule has 0 atom stereocenters. The van der Waals surface area contributed by atoms with E-state index >= 15 is 0 Å². The van der Waals surface area contributed by atoms with Gasteiger partial charge in [0, 0.05) is 18.7 Å². The average Bonchev–Trinajstić information content (AvgIpc) is 2.90. The van der Waals surface area contributed by atoms with Crippen LogP contribution in [0.5, 0.6) is 0 Å². The normalized spacial score (nSPS) is 15.0. The Bertz CT molecular complexity index is 771. The Morgan fingerprint density at radius 2 is 1.89 bits per heavy atom. The Morgan fingerprint density at radius 1 is 1.14 bits per heavy atom. The topological polar surface area (TPSA) is 90.9 Å². The van der Waals surface area contributed by atoms with Crippen LogP contribution in [0.1, 0.15) is 52.4 Å². The molecule has 156 valence electrons. The van der Waals surface area contributed by atoms with Gasteiger partial charge in [-0.3, -0.25) is 19.4 Å². The first-order valence-corrected chi connectivity index (χ1v) is 11.6. The zero-order valence-corrected chi connectivity index (χ0v) is 17.7. The van der Waals surface area contributed by atoms with E-state index in [1.165, 1.54) is 12.1 Å². The summed E-state index contributed by atoms with van der Waals surface area (Å²) in [4.78, 5) is 18.9. The van der Waals surface area contributed by atoms with Gasteiger partial charge < -0.3 is 5.32 Å². The van der Waals surface area contributed by atoms with Gasteiger partial charge in [0.15, 0.2) is 0 Å². The number of carbonyl (C=O) groups is 1. The minimum Gasteiger partial charge on any atom is -0.325 e. The predicted molar refractivity (Wildman–Crippen MR) is 113 cm³/mol. The maximum Gasteiger partial charge on any atom is 0.262 e.